The zero-order valence-corrected chi connectivity index (χ0v) is 18.6. The number of guanidine groups is 1. The molecule has 2 fully saturated rings. The quantitative estimate of drug-likeness (QED) is 0.482. The lowest BCUT2D eigenvalue weighted by atomic mass is 9.92. The van der Waals surface area contributed by atoms with Gasteiger partial charge in [0.1, 0.15) is 11.6 Å². The van der Waals surface area contributed by atoms with Crippen molar-refractivity contribution in [2.75, 3.05) is 13.1 Å². The third kappa shape index (κ3) is 6.75. The van der Waals surface area contributed by atoms with Crippen LogP contribution in [0.4, 0.5) is 4.79 Å². The molecule has 0 N–H and O–H groups in total. The van der Waals surface area contributed by atoms with Crippen molar-refractivity contribution in [3.05, 3.63) is 12.7 Å². The second kappa shape index (κ2) is 10.1. The molecule has 0 unspecified atom stereocenters. The SMILES string of the molecule is C=CCN=C1N(C2CCCCC2)CC(=O)[C@H](CC(C)C)N1OC(=O)OC(C)(C)C. The Morgan fingerprint density at radius 2 is 1.93 bits per heavy atom. The highest BCUT2D eigenvalue weighted by molar-refractivity contribution is 5.97. The first-order valence-electron chi connectivity index (χ1n) is 10.8. The van der Waals surface area contributed by atoms with Gasteiger partial charge in [0, 0.05) is 6.04 Å². The van der Waals surface area contributed by atoms with Crippen molar-refractivity contribution in [3.63, 3.8) is 0 Å². The van der Waals surface area contributed by atoms with Gasteiger partial charge in [-0.05, 0) is 46.0 Å². The highest BCUT2D eigenvalue weighted by Gasteiger charge is 2.43. The van der Waals surface area contributed by atoms with Crippen LogP contribution >= 0.6 is 0 Å². The zero-order valence-electron chi connectivity index (χ0n) is 18.6. The van der Waals surface area contributed by atoms with Gasteiger partial charge < -0.3 is 14.5 Å². The van der Waals surface area contributed by atoms with Gasteiger partial charge in [-0.1, -0.05) is 39.2 Å². The summed E-state index contributed by atoms with van der Waals surface area (Å²) in [6.45, 7) is 13.9. The first-order valence-corrected chi connectivity index (χ1v) is 10.8. The molecule has 2 aliphatic rings. The first kappa shape index (κ1) is 23.2. The number of ether oxygens (including phenoxy) is 1. The maximum absolute atomic E-state index is 13.1. The number of hydrogen-bond acceptors (Lipinski definition) is 5. The molecular formula is C22H37N3O4. The molecule has 29 heavy (non-hydrogen) atoms. The molecular weight excluding hydrogens is 370 g/mol. The summed E-state index contributed by atoms with van der Waals surface area (Å²) in [4.78, 5) is 37.9. The second-order valence-electron chi connectivity index (χ2n) is 9.34. The van der Waals surface area contributed by atoms with Crippen molar-refractivity contribution in [1.82, 2.24) is 9.96 Å². The van der Waals surface area contributed by atoms with Gasteiger partial charge in [0.05, 0.1) is 13.1 Å². The fourth-order valence-corrected chi connectivity index (χ4v) is 3.86. The van der Waals surface area contributed by atoms with Crippen LogP contribution in [-0.2, 0) is 14.4 Å². The van der Waals surface area contributed by atoms with Crippen LogP contribution in [-0.4, -0.2) is 58.6 Å². The number of hydroxylamine groups is 2. The van der Waals surface area contributed by atoms with Gasteiger partial charge in [-0.25, -0.2) is 9.79 Å². The summed E-state index contributed by atoms with van der Waals surface area (Å²) in [5, 5.41) is 1.40. The van der Waals surface area contributed by atoms with Crippen LogP contribution in [0.1, 0.15) is 73.1 Å². The average molecular weight is 408 g/mol. The number of rotatable bonds is 6. The lowest BCUT2D eigenvalue weighted by Crippen LogP contribution is -2.63. The lowest BCUT2D eigenvalue weighted by molar-refractivity contribution is -0.158. The molecule has 1 saturated heterocycles. The summed E-state index contributed by atoms with van der Waals surface area (Å²) < 4.78 is 5.35. The Morgan fingerprint density at radius 1 is 1.28 bits per heavy atom. The molecule has 7 nitrogen and oxygen atoms in total. The molecule has 0 aromatic heterocycles. The van der Waals surface area contributed by atoms with Crippen molar-refractivity contribution in [2.45, 2.75) is 90.8 Å². The van der Waals surface area contributed by atoms with E-state index in [1.54, 1.807) is 26.8 Å². The smallest absolute Gasteiger partial charge is 0.427 e. The maximum atomic E-state index is 13.1. The van der Waals surface area contributed by atoms with Gasteiger partial charge in [-0.2, -0.15) is 5.06 Å². The molecule has 1 aliphatic heterocycles. The molecule has 0 bridgehead atoms. The van der Waals surface area contributed by atoms with E-state index in [9.17, 15) is 9.59 Å². The van der Waals surface area contributed by atoms with Crippen LogP contribution in [0, 0.1) is 5.92 Å². The van der Waals surface area contributed by atoms with Gasteiger partial charge in [0.15, 0.2) is 5.78 Å². The molecule has 164 valence electrons. The predicted octanol–water partition coefficient (Wildman–Crippen LogP) is 4.33. The second-order valence-corrected chi connectivity index (χ2v) is 9.34. The maximum Gasteiger partial charge on any atom is 0.534 e. The van der Waals surface area contributed by atoms with E-state index >= 15 is 0 Å². The minimum absolute atomic E-state index is 0.0467. The summed E-state index contributed by atoms with van der Waals surface area (Å²) in [5.74, 6) is 0.842. The molecule has 2 rings (SSSR count). The molecule has 0 aromatic rings. The van der Waals surface area contributed by atoms with Crippen molar-refractivity contribution in [1.29, 1.82) is 0 Å². The van der Waals surface area contributed by atoms with Gasteiger partial charge in [-0.15, -0.1) is 6.58 Å². The Bertz CT molecular complexity index is 618. The molecule has 1 heterocycles. The first-order chi connectivity index (χ1) is 13.6. The standard InChI is InChI=1S/C22H37N3O4/c1-7-13-23-20-24(17-11-9-8-10-12-17)15-19(26)18(14-16(2)3)25(20)29-21(27)28-22(4,5)6/h7,16-18H,1,8-15H2,2-6H3/t18-/m0/s1. The van der Waals surface area contributed by atoms with Crippen LogP contribution in [0.15, 0.2) is 17.6 Å². The van der Waals surface area contributed by atoms with E-state index in [-0.39, 0.29) is 17.7 Å². The Hall–Kier alpha value is -2.05. The van der Waals surface area contributed by atoms with Gasteiger partial charge >= 0.3 is 6.16 Å². The summed E-state index contributed by atoms with van der Waals surface area (Å²) in [7, 11) is 0. The van der Waals surface area contributed by atoms with Gasteiger partial charge in [0.2, 0.25) is 5.96 Å². The molecule has 0 aromatic carbocycles. The Morgan fingerprint density at radius 3 is 2.48 bits per heavy atom. The fourth-order valence-electron chi connectivity index (χ4n) is 3.86. The topological polar surface area (TPSA) is 71.4 Å². The molecule has 0 spiro atoms. The average Bonchev–Trinajstić information content (AvgIpc) is 2.62. The molecule has 0 radical (unpaired) electrons. The van der Waals surface area contributed by atoms with Crippen molar-refractivity contribution < 1.29 is 19.2 Å². The number of Topliss-reactive ketones (excluding diaryl/α,β-unsaturated/α-hetero) is 1. The van der Waals surface area contributed by atoms with E-state index < -0.39 is 17.8 Å². The molecule has 7 heteroatoms. The van der Waals surface area contributed by atoms with E-state index in [4.69, 9.17) is 9.57 Å². The normalized spacial score (nSPS) is 22.9. The number of hydrogen-bond donors (Lipinski definition) is 0. The van der Waals surface area contributed by atoms with Crippen LogP contribution < -0.4 is 0 Å². The fraction of sp³-hybridized carbons (Fsp3) is 0.773. The van der Waals surface area contributed by atoms with Gasteiger partial charge in [0.25, 0.3) is 0 Å². The predicted molar refractivity (Wildman–Crippen MR) is 113 cm³/mol. The third-order valence-corrected chi connectivity index (χ3v) is 5.07. The summed E-state index contributed by atoms with van der Waals surface area (Å²) >= 11 is 0. The highest BCUT2D eigenvalue weighted by atomic mass is 16.8. The van der Waals surface area contributed by atoms with Crippen molar-refractivity contribution in [2.24, 2.45) is 10.9 Å². The number of aliphatic imine (C=N–C) groups is 1. The Balaban J connectivity index is 2.36. The largest absolute Gasteiger partial charge is 0.534 e. The summed E-state index contributed by atoms with van der Waals surface area (Å²) in [6.07, 6.45) is 6.95. The van der Waals surface area contributed by atoms with Crippen molar-refractivity contribution in [3.8, 4) is 0 Å². The van der Waals surface area contributed by atoms with Crippen LogP contribution in [0.5, 0.6) is 0 Å². The van der Waals surface area contributed by atoms with Crippen molar-refractivity contribution >= 4 is 17.9 Å². The molecule has 1 aliphatic carbocycles. The highest BCUT2D eigenvalue weighted by Crippen LogP contribution is 2.29. The lowest BCUT2D eigenvalue weighted by Gasteiger charge is -2.45. The van der Waals surface area contributed by atoms with E-state index in [1.807, 2.05) is 18.7 Å². The number of carbonyl (C=O) groups excluding carboxylic acids is 2. The molecule has 1 saturated carbocycles. The minimum Gasteiger partial charge on any atom is -0.427 e. The summed E-state index contributed by atoms with van der Waals surface area (Å²) in [6, 6.07) is -0.341. The molecule has 0 amide bonds. The zero-order chi connectivity index (χ0) is 21.6. The van der Waals surface area contributed by atoms with E-state index in [1.165, 1.54) is 11.5 Å². The Labute approximate surface area is 175 Å². The van der Waals surface area contributed by atoms with Crippen LogP contribution in [0.2, 0.25) is 0 Å². The van der Waals surface area contributed by atoms with Gasteiger partial charge in [-0.3, -0.25) is 4.79 Å². The minimum atomic E-state index is -0.823. The number of carbonyl (C=O) groups is 2. The monoisotopic (exact) mass is 407 g/mol. The van der Waals surface area contributed by atoms with Crippen LogP contribution in [0.25, 0.3) is 0 Å². The summed E-state index contributed by atoms with van der Waals surface area (Å²) in [5.41, 5.74) is -0.689. The van der Waals surface area contributed by atoms with Crippen LogP contribution in [0.3, 0.4) is 0 Å². The molecule has 1 atom stereocenters. The van der Waals surface area contributed by atoms with E-state index in [0.29, 0.717) is 25.5 Å². The van der Waals surface area contributed by atoms with E-state index in [0.717, 1.165) is 25.7 Å². The van der Waals surface area contributed by atoms with E-state index in [2.05, 4.69) is 11.6 Å². The Kier molecular flexibility index (Phi) is 8.11. The third-order valence-electron chi connectivity index (χ3n) is 5.07. The number of ketones is 1. The number of nitrogens with zero attached hydrogens (tertiary/aromatic N) is 3.